The Morgan fingerprint density at radius 1 is 1.38 bits per heavy atom. The Bertz CT molecular complexity index is 669. The summed E-state index contributed by atoms with van der Waals surface area (Å²) in [5.41, 5.74) is 5.63. The molecule has 1 unspecified atom stereocenters. The van der Waals surface area contributed by atoms with Gasteiger partial charge in [0, 0.05) is 12.1 Å². The van der Waals surface area contributed by atoms with Crippen LogP contribution in [-0.2, 0) is 4.57 Å². The maximum absolute atomic E-state index is 11.8. The molecule has 9 nitrogen and oxygen atoms in total. The first-order chi connectivity index (χ1) is 11.3. The Balaban J connectivity index is 2.23. The minimum Gasteiger partial charge on any atom is -0.370 e. The Labute approximate surface area is 139 Å². The van der Waals surface area contributed by atoms with Gasteiger partial charge in [0.05, 0.1) is 11.0 Å². The lowest BCUT2D eigenvalue weighted by atomic mass is 9.96. The summed E-state index contributed by atoms with van der Waals surface area (Å²) in [4.78, 5) is 33.7. The molecule has 132 valence electrons. The molecule has 0 bridgehead atoms. The molecule has 0 heterocycles. The number of nitro groups is 1. The van der Waals surface area contributed by atoms with Crippen LogP contribution in [0.25, 0.3) is 0 Å². The molecule has 0 radical (unpaired) electrons. The van der Waals surface area contributed by atoms with E-state index >= 15 is 0 Å². The van der Waals surface area contributed by atoms with Crippen molar-refractivity contribution in [1.29, 1.82) is 0 Å². The Hall–Kier alpha value is -1.96. The van der Waals surface area contributed by atoms with Gasteiger partial charge in [-0.1, -0.05) is 31.4 Å². The zero-order chi connectivity index (χ0) is 17.7. The van der Waals surface area contributed by atoms with Crippen molar-refractivity contribution < 1.29 is 19.3 Å². The van der Waals surface area contributed by atoms with E-state index < -0.39 is 18.3 Å². The number of nitrogens with two attached hydrogens (primary N) is 1. The number of hydrogen-bond acceptors (Lipinski definition) is 4. The summed E-state index contributed by atoms with van der Waals surface area (Å²) in [6.45, 7) is 0. The highest BCUT2D eigenvalue weighted by atomic mass is 31.2. The topological polar surface area (TPSA) is 151 Å². The lowest BCUT2D eigenvalue weighted by Crippen LogP contribution is -2.36. The van der Waals surface area contributed by atoms with Crippen molar-refractivity contribution in [3.8, 4) is 0 Å². The highest BCUT2D eigenvalue weighted by Gasteiger charge is 2.32. The summed E-state index contributed by atoms with van der Waals surface area (Å²) in [5.74, 6) is -1.55. The van der Waals surface area contributed by atoms with E-state index in [4.69, 9.17) is 5.73 Å². The monoisotopic (exact) mass is 356 g/mol. The number of hydrogen-bond donors (Lipinski definition) is 4. The molecule has 2 rings (SSSR count). The molecule has 1 atom stereocenters. The van der Waals surface area contributed by atoms with Crippen LogP contribution >= 0.6 is 7.60 Å². The summed E-state index contributed by atoms with van der Waals surface area (Å²) in [5, 5.41) is 13.4. The van der Waals surface area contributed by atoms with E-state index in [9.17, 15) is 24.5 Å². The van der Waals surface area contributed by atoms with E-state index in [2.05, 4.69) is 10.3 Å². The number of guanidine groups is 1. The maximum atomic E-state index is 11.8. The first-order valence-electron chi connectivity index (χ1n) is 7.67. The Morgan fingerprint density at radius 2 is 2.04 bits per heavy atom. The number of benzene rings is 1. The van der Waals surface area contributed by atoms with E-state index in [1.54, 1.807) is 0 Å². The second-order valence-electron chi connectivity index (χ2n) is 5.79. The van der Waals surface area contributed by atoms with Crippen LogP contribution < -0.4 is 11.1 Å². The fourth-order valence-corrected chi connectivity index (χ4v) is 3.60. The van der Waals surface area contributed by atoms with Gasteiger partial charge in [0.2, 0.25) is 0 Å². The molecule has 24 heavy (non-hydrogen) atoms. The molecule has 1 aromatic rings. The van der Waals surface area contributed by atoms with Gasteiger partial charge >= 0.3 is 7.60 Å². The highest BCUT2D eigenvalue weighted by molar-refractivity contribution is 7.52. The van der Waals surface area contributed by atoms with Crippen LogP contribution in [0.15, 0.2) is 29.3 Å². The SMILES string of the molecule is NC(=NC1CCCCC1)NC(c1cccc([N+](=O)[O-])c1)P(=O)(O)O. The number of aliphatic imine (C=N–C) groups is 1. The number of nitro benzene ring substituents is 1. The van der Waals surface area contributed by atoms with E-state index in [0.717, 1.165) is 38.2 Å². The van der Waals surface area contributed by atoms with Gasteiger partial charge in [-0.2, -0.15) is 0 Å². The number of nitrogens with zero attached hydrogens (tertiary/aromatic N) is 2. The van der Waals surface area contributed by atoms with E-state index in [-0.39, 0.29) is 23.3 Å². The smallest absolute Gasteiger partial charge is 0.352 e. The van der Waals surface area contributed by atoms with Crippen LogP contribution in [0.3, 0.4) is 0 Å². The van der Waals surface area contributed by atoms with Crippen LogP contribution in [0.5, 0.6) is 0 Å². The third-order valence-corrected chi connectivity index (χ3v) is 5.01. The molecule has 5 N–H and O–H groups in total. The van der Waals surface area contributed by atoms with Crippen LogP contribution in [0.1, 0.15) is 43.5 Å². The molecule has 0 aromatic heterocycles. The second kappa shape index (κ2) is 7.74. The Kier molecular flexibility index (Phi) is 5.93. The van der Waals surface area contributed by atoms with Crippen molar-refractivity contribution in [1.82, 2.24) is 5.32 Å². The number of nitrogens with one attached hydrogen (secondary N) is 1. The number of rotatable bonds is 5. The van der Waals surface area contributed by atoms with Crippen molar-refractivity contribution in [2.75, 3.05) is 0 Å². The zero-order valence-electron chi connectivity index (χ0n) is 13.0. The summed E-state index contributed by atoms with van der Waals surface area (Å²) < 4.78 is 11.8. The normalized spacial score (nSPS) is 18.2. The van der Waals surface area contributed by atoms with E-state index in [1.807, 2.05) is 0 Å². The molecule has 1 fully saturated rings. The van der Waals surface area contributed by atoms with Crippen LogP contribution in [-0.4, -0.2) is 26.7 Å². The van der Waals surface area contributed by atoms with Crippen LogP contribution in [0, 0.1) is 10.1 Å². The standard InChI is InChI=1S/C14H21N4O5P/c15-14(16-11-6-2-1-3-7-11)17-13(24(21,22)23)10-5-4-8-12(9-10)18(19)20/h4-5,8-9,11,13H,1-3,6-7H2,(H3,15,16,17)(H2,21,22,23). The van der Waals surface area contributed by atoms with Crippen LogP contribution in [0.4, 0.5) is 5.69 Å². The van der Waals surface area contributed by atoms with E-state index in [0.29, 0.717) is 0 Å². The summed E-state index contributed by atoms with van der Waals surface area (Å²) in [6.07, 6.45) is 5.03. The molecule has 0 saturated heterocycles. The van der Waals surface area contributed by atoms with Gasteiger partial charge < -0.3 is 20.8 Å². The van der Waals surface area contributed by atoms with Gasteiger partial charge in [0.15, 0.2) is 11.7 Å². The van der Waals surface area contributed by atoms with Crippen molar-refractivity contribution in [3.63, 3.8) is 0 Å². The first-order valence-corrected chi connectivity index (χ1v) is 9.35. The average molecular weight is 356 g/mol. The van der Waals surface area contributed by atoms with Gasteiger partial charge in [-0.3, -0.25) is 19.7 Å². The van der Waals surface area contributed by atoms with Crippen molar-refractivity contribution >= 4 is 19.2 Å². The summed E-state index contributed by atoms with van der Waals surface area (Å²) >= 11 is 0. The quantitative estimate of drug-likeness (QED) is 0.207. The van der Waals surface area contributed by atoms with Crippen molar-refractivity contribution in [2.24, 2.45) is 10.7 Å². The lowest BCUT2D eigenvalue weighted by molar-refractivity contribution is -0.384. The third-order valence-electron chi connectivity index (χ3n) is 3.91. The molecule has 0 aliphatic heterocycles. The van der Waals surface area contributed by atoms with Gasteiger partial charge in [0.25, 0.3) is 5.69 Å². The largest absolute Gasteiger partial charge is 0.370 e. The zero-order valence-corrected chi connectivity index (χ0v) is 13.9. The van der Waals surface area contributed by atoms with Gasteiger partial charge in [-0.15, -0.1) is 0 Å². The number of non-ortho nitro benzene ring substituents is 1. The maximum Gasteiger partial charge on any atom is 0.352 e. The molecular formula is C14H21N4O5P. The molecule has 1 saturated carbocycles. The lowest BCUT2D eigenvalue weighted by Gasteiger charge is -2.23. The summed E-state index contributed by atoms with van der Waals surface area (Å²) in [7, 11) is -4.65. The van der Waals surface area contributed by atoms with Gasteiger partial charge in [-0.25, -0.2) is 0 Å². The molecule has 0 spiro atoms. The first kappa shape index (κ1) is 18.4. The summed E-state index contributed by atoms with van der Waals surface area (Å²) in [6, 6.07) is 5.17. The average Bonchev–Trinajstić information content (AvgIpc) is 2.52. The van der Waals surface area contributed by atoms with Crippen LogP contribution in [0.2, 0.25) is 0 Å². The van der Waals surface area contributed by atoms with Gasteiger partial charge in [0.1, 0.15) is 0 Å². The predicted octanol–water partition coefficient (Wildman–Crippen LogP) is 2.01. The molecule has 1 aliphatic carbocycles. The van der Waals surface area contributed by atoms with Gasteiger partial charge in [-0.05, 0) is 18.4 Å². The molecule has 0 amide bonds. The molecular weight excluding hydrogens is 335 g/mol. The highest BCUT2D eigenvalue weighted by Crippen LogP contribution is 2.50. The third kappa shape index (κ3) is 5.02. The minimum absolute atomic E-state index is 0.0359. The van der Waals surface area contributed by atoms with Crippen molar-refractivity contribution in [2.45, 2.75) is 43.9 Å². The fourth-order valence-electron chi connectivity index (χ4n) is 2.75. The molecule has 1 aliphatic rings. The van der Waals surface area contributed by atoms with Crippen molar-refractivity contribution in [3.05, 3.63) is 39.9 Å². The predicted molar refractivity (Wildman–Crippen MR) is 89.5 cm³/mol. The second-order valence-corrected chi connectivity index (χ2v) is 7.49. The fraction of sp³-hybridized carbons (Fsp3) is 0.500. The molecule has 10 heteroatoms. The minimum atomic E-state index is -4.65. The molecule has 1 aromatic carbocycles. The Morgan fingerprint density at radius 3 is 2.62 bits per heavy atom. The van der Waals surface area contributed by atoms with E-state index in [1.165, 1.54) is 18.2 Å².